The van der Waals surface area contributed by atoms with Gasteiger partial charge < -0.3 is 4.74 Å². The normalized spacial score (nSPS) is 17.6. The average Bonchev–Trinajstić information content (AvgIpc) is 2.48. The first-order valence-electron chi connectivity index (χ1n) is 7.36. The highest BCUT2D eigenvalue weighted by Gasteiger charge is 2.29. The van der Waals surface area contributed by atoms with E-state index in [1.54, 1.807) is 30.3 Å². The number of sulfonamides is 1. The minimum absolute atomic E-state index is 0.132. The number of hydrogen-bond acceptors (Lipinski definition) is 5. The molecule has 6 nitrogen and oxygen atoms in total. The topological polar surface area (TPSA) is 66.9 Å². The van der Waals surface area contributed by atoms with Crippen molar-refractivity contribution in [1.82, 2.24) is 9.21 Å². The molecule has 0 amide bonds. The van der Waals surface area contributed by atoms with Gasteiger partial charge in [0.05, 0.1) is 17.5 Å². The van der Waals surface area contributed by atoms with Crippen LogP contribution in [0.25, 0.3) is 0 Å². The van der Waals surface area contributed by atoms with E-state index in [4.69, 9.17) is 4.74 Å². The molecule has 1 heterocycles. The summed E-state index contributed by atoms with van der Waals surface area (Å²) in [4.78, 5) is 13.9. The molecule has 1 aromatic rings. The number of piperazine rings is 1. The minimum atomic E-state index is -3.44. The summed E-state index contributed by atoms with van der Waals surface area (Å²) in [6.45, 7) is 5.64. The highest BCUT2D eigenvalue weighted by atomic mass is 32.2. The van der Waals surface area contributed by atoms with Crippen LogP contribution < -0.4 is 0 Å². The van der Waals surface area contributed by atoms with Gasteiger partial charge >= 0.3 is 5.97 Å². The lowest BCUT2D eigenvalue weighted by atomic mass is 10.3. The summed E-state index contributed by atoms with van der Waals surface area (Å²) < 4.78 is 31.5. The van der Waals surface area contributed by atoms with Crippen LogP contribution in [0.3, 0.4) is 0 Å². The summed E-state index contributed by atoms with van der Waals surface area (Å²) in [5.41, 5.74) is 0. The van der Waals surface area contributed by atoms with Gasteiger partial charge in [-0.15, -0.1) is 0 Å². The molecule has 122 valence electrons. The maximum atomic E-state index is 12.5. The molecule has 0 unspecified atom stereocenters. The lowest BCUT2D eigenvalue weighted by molar-refractivity contribution is -0.148. The average molecular weight is 326 g/mol. The van der Waals surface area contributed by atoms with Crippen molar-refractivity contribution >= 4 is 16.0 Å². The molecule has 1 aromatic carbocycles. The molecular formula is C15H22N2O4S. The molecule has 22 heavy (non-hydrogen) atoms. The van der Waals surface area contributed by atoms with Crippen molar-refractivity contribution in [2.24, 2.45) is 0 Å². The van der Waals surface area contributed by atoms with Crippen molar-refractivity contribution in [3.63, 3.8) is 0 Å². The van der Waals surface area contributed by atoms with Crippen molar-refractivity contribution in [1.29, 1.82) is 0 Å². The van der Waals surface area contributed by atoms with E-state index in [-0.39, 0.29) is 18.6 Å². The van der Waals surface area contributed by atoms with E-state index in [0.717, 1.165) is 0 Å². The second kappa shape index (κ2) is 7.21. The van der Waals surface area contributed by atoms with E-state index in [9.17, 15) is 13.2 Å². The molecule has 0 bridgehead atoms. The van der Waals surface area contributed by atoms with Gasteiger partial charge in [-0.1, -0.05) is 18.2 Å². The first-order chi connectivity index (χ1) is 10.4. The highest BCUT2D eigenvalue weighted by Crippen LogP contribution is 2.17. The molecule has 0 atom stereocenters. The van der Waals surface area contributed by atoms with Crippen molar-refractivity contribution in [2.45, 2.75) is 24.8 Å². The van der Waals surface area contributed by atoms with Crippen LogP contribution in [0.4, 0.5) is 0 Å². The smallest absolute Gasteiger partial charge is 0.320 e. The summed E-state index contributed by atoms with van der Waals surface area (Å²) in [7, 11) is -3.44. The Kier molecular flexibility index (Phi) is 5.55. The third kappa shape index (κ3) is 4.28. The van der Waals surface area contributed by atoms with Gasteiger partial charge in [-0.25, -0.2) is 8.42 Å². The predicted octanol–water partition coefficient (Wildman–Crippen LogP) is 0.944. The maximum Gasteiger partial charge on any atom is 0.320 e. The second-order valence-electron chi connectivity index (χ2n) is 5.53. The quantitative estimate of drug-likeness (QED) is 0.754. The number of ether oxygens (including phenoxy) is 1. The van der Waals surface area contributed by atoms with Crippen LogP contribution in [0.2, 0.25) is 0 Å². The van der Waals surface area contributed by atoms with Crippen LogP contribution in [-0.2, 0) is 19.6 Å². The van der Waals surface area contributed by atoms with Gasteiger partial charge in [-0.2, -0.15) is 4.31 Å². The Bertz CT molecular complexity index is 593. The summed E-state index contributed by atoms with van der Waals surface area (Å²) in [6.07, 6.45) is -0.132. The molecule has 0 aromatic heterocycles. The predicted molar refractivity (Wildman–Crippen MR) is 82.9 cm³/mol. The zero-order valence-corrected chi connectivity index (χ0v) is 13.8. The van der Waals surface area contributed by atoms with E-state index >= 15 is 0 Å². The number of esters is 1. The van der Waals surface area contributed by atoms with Crippen LogP contribution in [0, 0.1) is 0 Å². The summed E-state index contributed by atoms with van der Waals surface area (Å²) in [5.74, 6) is -0.269. The van der Waals surface area contributed by atoms with Gasteiger partial charge in [0.1, 0.15) is 0 Å². The molecule has 0 aliphatic carbocycles. The highest BCUT2D eigenvalue weighted by molar-refractivity contribution is 7.89. The Morgan fingerprint density at radius 2 is 1.73 bits per heavy atom. The van der Waals surface area contributed by atoms with Gasteiger partial charge in [-0.05, 0) is 26.0 Å². The fraction of sp³-hybridized carbons (Fsp3) is 0.533. The molecule has 1 aliphatic heterocycles. The summed E-state index contributed by atoms with van der Waals surface area (Å²) >= 11 is 0. The first-order valence-corrected chi connectivity index (χ1v) is 8.80. The number of carbonyl (C=O) groups excluding carboxylic acids is 1. The molecule has 2 rings (SSSR count). The molecule has 0 saturated carbocycles. The number of benzene rings is 1. The van der Waals surface area contributed by atoms with Crippen LogP contribution in [0.5, 0.6) is 0 Å². The SMILES string of the molecule is CC(C)OC(=O)CN1CCN(S(=O)(=O)c2ccccc2)CC1. The summed E-state index contributed by atoms with van der Waals surface area (Å²) in [6, 6.07) is 8.41. The van der Waals surface area contributed by atoms with Crippen molar-refractivity contribution in [3.8, 4) is 0 Å². The zero-order valence-electron chi connectivity index (χ0n) is 12.9. The van der Waals surface area contributed by atoms with Crippen LogP contribution >= 0.6 is 0 Å². The fourth-order valence-electron chi connectivity index (χ4n) is 2.35. The first kappa shape index (κ1) is 16.9. The number of carbonyl (C=O) groups is 1. The summed E-state index contributed by atoms with van der Waals surface area (Å²) in [5, 5.41) is 0. The van der Waals surface area contributed by atoms with Crippen molar-refractivity contribution in [2.75, 3.05) is 32.7 Å². The molecule has 0 spiro atoms. The largest absolute Gasteiger partial charge is 0.462 e. The van der Waals surface area contributed by atoms with Crippen LogP contribution in [-0.4, -0.2) is 62.4 Å². The van der Waals surface area contributed by atoms with Gasteiger partial charge in [-0.3, -0.25) is 9.69 Å². The Morgan fingerprint density at radius 1 is 1.14 bits per heavy atom. The molecule has 0 radical (unpaired) electrons. The molecule has 0 N–H and O–H groups in total. The van der Waals surface area contributed by atoms with Gasteiger partial charge in [0.25, 0.3) is 0 Å². The Hall–Kier alpha value is -1.44. The second-order valence-corrected chi connectivity index (χ2v) is 7.47. The zero-order chi connectivity index (χ0) is 16.2. The van der Waals surface area contributed by atoms with E-state index in [0.29, 0.717) is 31.1 Å². The number of nitrogens with zero attached hydrogens (tertiary/aromatic N) is 2. The number of rotatable bonds is 5. The standard InChI is InChI=1S/C15H22N2O4S/c1-13(2)21-15(18)12-16-8-10-17(11-9-16)22(19,20)14-6-4-3-5-7-14/h3-7,13H,8-12H2,1-2H3. The van der Waals surface area contributed by atoms with Crippen LogP contribution in [0.15, 0.2) is 35.2 Å². The lowest BCUT2D eigenvalue weighted by Gasteiger charge is -2.33. The fourth-order valence-corrected chi connectivity index (χ4v) is 3.80. The minimum Gasteiger partial charge on any atom is -0.462 e. The molecule has 1 fully saturated rings. The van der Waals surface area contributed by atoms with Gasteiger partial charge in [0, 0.05) is 26.2 Å². The maximum absolute atomic E-state index is 12.5. The van der Waals surface area contributed by atoms with Crippen molar-refractivity contribution in [3.05, 3.63) is 30.3 Å². The van der Waals surface area contributed by atoms with Gasteiger partial charge in [0.15, 0.2) is 0 Å². The molecule has 7 heteroatoms. The Morgan fingerprint density at radius 3 is 2.27 bits per heavy atom. The van der Waals surface area contributed by atoms with E-state index in [1.165, 1.54) is 4.31 Å². The molecular weight excluding hydrogens is 304 g/mol. The lowest BCUT2D eigenvalue weighted by Crippen LogP contribution is -2.50. The monoisotopic (exact) mass is 326 g/mol. The third-order valence-electron chi connectivity index (χ3n) is 3.43. The Balaban J connectivity index is 1.91. The molecule has 1 aliphatic rings. The van der Waals surface area contributed by atoms with Crippen LogP contribution in [0.1, 0.15) is 13.8 Å². The van der Waals surface area contributed by atoms with E-state index in [2.05, 4.69) is 0 Å². The van der Waals surface area contributed by atoms with E-state index < -0.39 is 10.0 Å². The Labute approximate surface area is 131 Å². The van der Waals surface area contributed by atoms with Crippen molar-refractivity contribution < 1.29 is 17.9 Å². The van der Waals surface area contributed by atoms with E-state index in [1.807, 2.05) is 18.7 Å². The van der Waals surface area contributed by atoms with Gasteiger partial charge in [0.2, 0.25) is 10.0 Å². The molecule has 1 saturated heterocycles. The third-order valence-corrected chi connectivity index (χ3v) is 5.34. The number of hydrogen-bond donors (Lipinski definition) is 0.